The molecule has 0 aromatic heterocycles. The zero-order valence-electron chi connectivity index (χ0n) is 12.8. The maximum absolute atomic E-state index is 6.37. The van der Waals surface area contributed by atoms with Crippen molar-refractivity contribution in [2.75, 3.05) is 11.9 Å². The fourth-order valence-corrected chi connectivity index (χ4v) is 2.44. The van der Waals surface area contributed by atoms with E-state index < -0.39 is 0 Å². The molecule has 0 heterocycles. The second-order valence-corrected chi connectivity index (χ2v) is 5.93. The van der Waals surface area contributed by atoms with E-state index in [1.165, 1.54) is 24.1 Å². The zero-order valence-corrected chi connectivity index (χ0v) is 13.6. The highest BCUT2D eigenvalue weighted by Gasteiger charge is 2.15. The number of hydrogen-bond donors (Lipinski definition) is 1. The molecule has 0 saturated carbocycles. The lowest BCUT2D eigenvalue weighted by Gasteiger charge is -2.29. The van der Waals surface area contributed by atoms with Crippen LogP contribution in [-0.4, -0.2) is 19.1 Å². The monoisotopic (exact) mass is 282 g/mol. The van der Waals surface area contributed by atoms with Crippen LogP contribution in [-0.2, 0) is 6.54 Å². The van der Waals surface area contributed by atoms with Crippen molar-refractivity contribution in [3.63, 3.8) is 0 Å². The smallest absolute Gasteiger partial charge is 0.0471 e. The maximum Gasteiger partial charge on any atom is 0.0471 e. The van der Waals surface area contributed by atoms with E-state index >= 15 is 0 Å². The first kappa shape index (κ1) is 16.3. The highest BCUT2D eigenvalue weighted by molar-refractivity contribution is 6.31. The number of halogens is 1. The summed E-state index contributed by atoms with van der Waals surface area (Å²) in [5.74, 6) is 0. The molecule has 19 heavy (non-hydrogen) atoms. The minimum Gasteiger partial charge on any atom is -0.372 e. The van der Waals surface area contributed by atoms with Gasteiger partial charge in [0, 0.05) is 41.9 Å². The highest BCUT2D eigenvalue weighted by Crippen LogP contribution is 2.28. The lowest BCUT2D eigenvalue weighted by molar-refractivity contribution is 0.581. The Morgan fingerprint density at radius 2 is 1.95 bits per heavy atom. The van der Waals surface area contributed by atoms with E-state index in [0.717, 1.165) is 11.6 Å². The van der Waals surface area contributed by atoms with E-state index in [-0.39, 0.29) is 0 Å². The Balaban J connectivity index is 2.95. The van der Waals surface area contributed by atoms with Gasteiger partial charge in [0.1, 0.15) is 0 Å². The molecule has 0 aliphatic carbocycles. The maximum atomic E-state index is 6.37. The van der Waals surface area contributed by atoms with E-state index in [9.17, 15) is 0 Å². The summed E-state index contributed by atoms with van der Waals surface area (Å²) in [4.78, 5) is 2.34. The molecule has 0 bridgehead atoms. The average molecular weight is 283 g/mol. The summed E-state index contributed by atoms with van der Waals surface area (Å²) in [6, 6.07) is 7.16. The molecule has 0 aliphatic rings. The van der Waals surface area contributed by atoms with Gasteiger partial charge in [-0.2, -0.15) is 0 Å². The van der Waals surface area contributed by atoms with Crippen molar-refractivity contribution < 1.29 is 0 Å². The molecule has 0 aliphatic heterocycles. The van der Waals surface area contributed by atoms with Crippen molar-refractivity contribution in [2.24, 2.45) is 0 Å². The fraction of sp³-hybridized carbons (Fsp3) is 0.625. The Labute approximate surface area is 123 Å². The van der Waals surface area contributed by atoms with Crippen LogP contribution in [0.15, 0.2) is 18.2 Å². The predicted molar refractivity (Wildman–Crippen MR) is 86.2 cm³/mol. The molecule has 0 radical (unpaired) electrons. The average Bonchev–Trinajstić information content (AvgIpc) is 2.36. The Morgan fingerprint density at radius 1 is 1.26 bits per heavy atom. The normalized spacial score (nSPS) is 12.8. The molecular weight excluding hydrogens is 256 g/mol. The van der Waals surface area contributed by atoms with E-state index in [2.05, 4.69) is 51.0 Å². The Morgan fingerprint density at radius 3 is 2.53 bits per heavy atom. The minimum absolute atomic E-state index is 0.461. The summed E-state index contributed by atoms with van der Waals surface area (Å²) >= 11 is 6.37. The molecule has 1 atom stereocenters. The molecule has 1 rings (SSSR count). The van der Waals surface area contributed by atoms with Gasteiger partial charge < -0.3 is 10.2 Å². The molecule has 0 fully saturated rings. The lowest BCUT2D eigenvalue weighted by atomic mass is 10.1. The van der Waals surface area contributed by atoms with Crippen LogP contribution in [0, 0.1) is 0 Å². The van der Waals surface area contributed by atoms with Gasteiger partial charge in [0.05, 0.1) is 0 Å². The third-order valence-corrected chi connectivity index (χ3v) is 3.88. The van der Waals surface area contributed by atoms with Crippen LogP contribution in [0.25, 0.3) is 0 Å². The summed E-state index contributed by atoms with van der Waals surface area (Å²) in [7, 11) is 2.16. The van der Waals surface area contributed by atoms with E-state index in [1.54, 1.807) is 0 Å². The van der Waals surface area contributed by atoms with Gasteiger partial charge in [-0.25, -0.2) is 0 Å². The molecular formula is C16H27ClN2. The minimum atomic E-state index is 0.461. The van der Waals surface area contributed by atoms with Gasteiger partial charge in [0.15, 0.2) is 0 Å². The number of anilines is 1. The van der Waals surface area contributed by atoms with Gasteiger partial charge >= 0.3 is 0 Å². The Kier molecular flexibility index (Phi) is 6.67. The number of benzene rings is 1. The Bertz CT molecular complexity index is 390. The third-order valence-electron chi connectivity index (χ3n) is 3.53. The van der Waals surface area contributed by atoms with Crippen LogP contribution >= 0.6 is 11.6 Å². The predicted octanol–water partition coefficient (Wildman–Crippen LogP) is 4.46. The van der Waals surface area contributed by atoms with Crippen LogP contribution in [0.3, 0.4) is 0 Å². The number of rotatable bonds is 7. The first-order valence-electron chi connectivity index (χ1n) is 7.21. The van der Waals surface area contributed by atoms with Crippen molar-refractivity contribution >= 4 is 17.3 Å². The van der Waals surface area contributed by atoms with Gasteiger partial charge in [0.25, 0.3) is 0 Å². The van der Waals surface area contributed by atoms with Crippen LogP contribution in [0.2, 0.25) is 5.02 Å². The van der Waals surface area contributed by atoms with E-state index in [1.807, 2.05) is 12.1 Å². The summed E-state index contributed by atoms with van der Waals surface area (Å²) < 4.78 is 0. The molecule has 108 valence electrons. The van der Waals surface area contributed by atoms with Crippen LogP contribution in [0.1, 0.15) is 46.1 Å². The quantitative estimate of drug-likeness (QED) is 0.794. The van der Waals surface area contributed by atoms with E-state index in [0.29, 0.717) is 12.1 Å². The fourth-order valence-electron chi connectivity index (χ4n) is 2.21. The first-order valence-corrected chi connectivity index (χ1v) is 7.58. The third kappa shape index (κ3) is 4.70. The van der Waals surface area contributed by atoms with Crippen molar-refractivity contribution in [1.29, 1.82) is 0 Å². The molecule has 1 unspecified atom stereocenters. The first-order chi connectivity index (χ1) is 8.97. The summed E-state index contributed by atoms with van der Waals surface area (Å²) in [5, 5.41) is 4.31. The second kappa shape index (κ2) is 7.76. The summed E-state index contributed by atoms with van der Waals surface area (Å²) in [6.07, 6.45) is 2.39. The van der Waals surface area contributed by atoms with Crippen molar-refractivity contribution in [3.8, 4) is 0 Å². The molecule has 0 amide bonds. The number of hydrogen-bond acceptors (Lipinski definition) is 2. The molecule has 1 N–H and O–H groups in total. The zero-order chi connectivity index (χ0) is 14.4. The molecule has 3 heteroatoms. The van der Waals surface area contributed by atoms with Crippen molar-refractivity contribution in [2.45, 2.75) is 59.2 Å². The van der Waals surface area contributed by atoms with Crippen LogP contribution in [0.5, 0.6) is 0 Å². The summed E-state index contributed by atoms with van der Waals surface area (Å²) in [6.45, 7) is 9.61. The van der Waals surface area contributed by atoms with Crippen molar-refractivity contribution in [3.05, 3.63) is 28.8 Å². The standard InChI is InChI=1S/C16H27ClN2/c1-6-8-13(4)19(5)16-10-7-9-15(17)14(16)11-18-12(2)3/h7,9-10,12-13,18H,6,8,11H2,1-5H3. The van der Waals surface area contributed by atoms with Gasteiger partial charge in [-0.15, -0.1) is 0 Å². The molecule has 2 nitrogen and oxygen atoms in total. The SMILES string of the molecule is CCCC(C)N(C)c1cccc(Cl)c1CNC(C)C. The molecule has 1 aromatic rings. The summed E-state index contributed by atoms with van der Waals surface area (Å²) in [5.41, 5.74) is 2.44. The van der Waals surface area contributed by atoms with Crippen LogP contribution < -0.4 is 10.2 Å². The molecule has 1 aromatic carbocycles. The van der Waals surface area contributed by atoms with Crippen LogP contribution in [0.4, 0.5) is 5.69 Å². The van der Waals surface area contributed by atoms with Gasteiger partial charge in [0.2, 0.25) is 0 Å². The molecule has 0 saturated heterocycles. The van der Waals surface area contributed by atoms with E-state index in [4.69, 9.17) is 11.6 Å². The highest BCUT2D eigenvalue weighted by atomic mass is 35.5. The van der Waals surface area contributed by atoms with Gasteiger partial charge in [-0.05, 0) is 25.5 Å². The lowest BCUT2D eigenvalue weighted by Crippen LogP contribution is -2.31. The van der Waals surface area contributed by atoms with Gasteiger partial charge in [-0.3, -0.25) is 0 Å². The Hall–Kier alpha value is -0.730. The second-order valence-electron chi connectivity index (χ2n) is 5.52. The topological polar surface area (TPSA) is 15.3 Å². The van der Waals surface area contributed by atoms with Gasteiger partial charge in [-0.1, -0.05) is 44.9 Å². The molecule has 0 spiro atoms. The van der Waals surface area contributed by atoms with Crippen molar-refractivity contribution in [1.82, 2.24) is 5.32 Å². The number of nitrogens with one attached hydrogen (secondary N) is 1. The largest absolute Gasteiger partial charge is 0.372 e. The number of nitrogens with zero attached hydrogens (tertiary/aromatic N) is 1.